The number of carbonyl (C=O) groups excluding carboxylic acids is 1. The Morgan fingerprint density at radius 3 is 2.54 bits per heavy atom. The molecular weight excluding hydrogens is 324 g/mol. The van der Waals surface area contributed by atoms with E-state index in [4.69, 9.17) is 4.98 Å². The second kappa shape index (κ2) is 7.85. The molecule has 0 N–H and O–H groups in total. The Morgan fingerprint density at radius 2 is 1.73 bits per heavy atom. The predicted molar refractivity (Wildman–Crippen MR) is 102 cm³/mol. The van der Waals surface area contributed by atoms with Gasteiger partial charge in [0.05, 0.1) is 11.9 Å². The van der Waals surface area contributed by atoms with E-state index in [1.807, 2.05) is 11.0 Å². The zero-order chi connectivity index (χ0) is 17.8. The Bertz CT molecular complexity index is 756. The average molecular weight is 350 g/mol. The lowest BCUT2D eigenvalue weighted by molar-refractivity contribution is 0.0718. The van der Waals surface area contributed by atoms with Gasteiger partial charge in [-0.2, -0.15) is 0 Å². The van der Waals surface area contributed by atoms with E-state index in [2.05, 4.69) is 34.1 Å². The highest BCUT2D eigenvalue weighted by Crippen LogP contribution is 2.25. The van der Waals surface area contributed by atoms with Crippen molar-refractivity contribution in [2.45, 2.75) is 45.1 Å². The van der Waals surface area contributed by atoms with Gasteiger partial charge in [0.1, 0.15) is 5.69 Å². The first-order chi connectivity index (χ1) is 12.8. The van der Waals surface area contributed by atoms with E-state index in [0.29, 0.717) is 5.69 Å². The van der Waals surface area contributed by atoms with Crippen molar-refractivity contribution in [2.24, 2.45) is 0 Å². The molecule has 1 fully saturated rings. The first-order valence-corrected chi connectivity index (χ1v) is 9.75. The largest absolute Gasteiger partial charge is 0.351 e. The minimum Gasteiger partial charge on any atom is -0.351 e. The third-order valence-corrected chi connectivity index (χ3v) is 5.30. The summed E-state index contributed by atoms with van der Waals surface area (Å²) in [6.07, 6.45) is 8.25. The molecular formula is C21H26N4O. The number of likely N-dealkylation sites (tertiary alicyclic amines) is 1. The van der Waals surface area contributed by atoms with Crippen molar-refractivity contribution in [3.8, 4) is 0 Å². The van der Waals surface area contributed by atoms with Crippen LogP contribution in [0.2, 0.25) is 0 Å². The third-order valence-electron chi connectivity index (χ3n) is 5.30. The van der Waals surface area contributed by atoms with Crippen LogP contribution in [0.4, 0.5) is 5.82 Å². The lowest BCUT2D eigenvalue weighted by Crippen LogP contribution is -2.36. The fourth-order valence-corrected chi connectivity index (χ4v) is 3.85. The molecule has 3 heterocycles. The van der Waals surface area contributed by atoms with Gasteiger partial charge < -0.3 is 9.80 Å². The van der Waals surface area contributed by atoms with Crippen LogP contribution in [0.5, 0.6) is 0 Å². The Kier molecular flexibility index (Phi) is 5.14. The summed E-state index contributed by atoms with van der Waals surface area (Å²) in [4.78, 5) is 26.5. The number of piperidine rings is 1. The molecule has 0 bridgehead atoms. The lowest BCUT2D eigenvalue weighted by Gasteiger charge is -2.27. The molecule has 1 amide bonds. The number of hydrogen-bond acceptors (Lipinski definition) is 4. The molecule has 26 heavy (non-hydrogen) atoms. The van der Waals surface area contributed by atoms with Gasteiger partial charge in [-0.3, -0.25) is 9.78 Å². The number of amides is 1. The zero-order valence-electron chi connectivity index (χ0n) is 15.2. The van der Waals surface area contributed by atoms with Crippen LogP contribution in [0.1, 0.15) is 53.8 Å². The predicted octanol–water partition coefficient (Wildman–Crippen LogP) is 3.45. The topological polar surface area (TPSA) is 49.3 Å². The van der Waals surface area contributed by atoms with Gasteiger partial charge in [-0.1, -0.05) is 30.3 Å². The summed E-state index contributed by atoms with van der Waals surface area (Å²) >= 11 is 0. The van der Waals surface area contributed by atoms with Crippen molar-refractivity contribution in [2.75, 3.05) is 24.5 Å². The van der Waals surface area contributed by atoms with Crippen LogP contribution < -0.4 is 4.90 Å². The number of anilines is 1. The molecule has 0 aliphatic carbocycles. The maximum Gasteiger partial charge on any atom is 0.274 e. The average Bonchev–Trinajstić information content (AvgIpc) is 2.91. The minimum absolute atomic E-state index is 0.0314. The normalized spacial score (nSPS) is 17.5. The van der Waals surface area contributed by atoms with Crippen LogP contribution in [-0.2, 0) is 13.0 Å². The van der Waals surface area contributed by atoms with Crippen LogP contribution in [-0.4, -0.2) is 40.4 Å². The molecule has 0 unspecified atom stereocenters. The molecule has 5 nitrogen and oxygen atoms in total. The smallest absolute Gasteiger partial charge is 0.274 e. The van der Waals surface area contributed by atoms with Gasteiger partial charge >= 0.3 is 0 Å². The molecule has 5 heteroatoms. The Hall–Kier alpha value is -2.43. The molecule has 4 rings (SSSR count). The Balaban J connectivity index is 1.61. The second-order valence-corrected chi connectivity index (χ2v) is 7.24. The van der Waals surface area contributed by atoms with Crippen molar-refractivity contribution in [3.63, 3.8) is 0 Å². The van der Waals surface area contributed by atoms with Crippen molar-refractivity contribution in [1.29, 1.82) is 0 Å². The van der Waals surface area contributed by atoms with Gasteiger partial charge in [0.25, 0.3) is 5.91 Å². The van der Waals surface area contributed by atoms with Crippen molar-refractivity contribution in [1.82, 2.24) is 14.9 Å². The highest BCUT2D eigenvalue weighted by molar-refractivity contribution is 5.92. The standard InChI is InChI=1S/C21H26N4O/c26-21(24-12-6-2-7-13-24)19-15-22-18-11-5-8-14-25(20(18)23-19)16-17-9-3-1-4-10-17/h1,3-4,9-10,15H,2,5-8,11-14,16H2. The molecule has 1 aromatic carbocycles. The molecule has 136 valence electrons. The molecule has 0 saturated carbocycles. The van der Waals surface area contributed by atoms with Gasteiger partial charge in [0, 0.05) is 26.2 Å². The summed E-state index contributed by atoms with van der Waals surface area (Å²) in [5.74, 6) is 0.929. The van der Waals surface area contributed by atoms with Crippen LogP contribution in [0.25, 0.3) is 0 Å². The van der Waals surface area contributed by atoms with E-state index in [1.165, 1.54) is 12.0 Å². The van der Waals surface area contributed by atoms with Crippen molar-refractivity contribution < 1.29 is 4.79 Å². The molecule has 0 atom stereocenters. The van der Waals surface area contributed by atoms with E-state index < -0.39 is 0 Å². The first-order valence-electron chi connectivity index (χ1n) is 9.75. The summed E-state index contributed by atoms with van der Waals surface area (Å²) < 4.78 is 0. The molecule has 0 radical (unpaired) electrons. The molecule has 2 aliphatic rings. The number of aryl methyl sites for hydroxylation is 1. The monoisotopic (exact) mass is 350 g/mol. The molecule has 1 aromatic heterocycles. The molecule has 2 aliphatic heterocycles. The maximum atomic E-state index is 12.8. The van der Waals surface area contributed by atoms with Crippen LogP contribution in [0.15, 0.2) is 36.5 Å². The fourth-order valence-electron chi connectivity index (χ4n) is 3.85. The quantitative estimate of drug-likeness (QED) is 0.851. The van der Waals surface area contributed by atoms with Gasteiger partial charge in [-0.05, 0) is 44.1 Å². The third kappa shape index (κ3) is 3.71. The van der Waals surface area contributed by atoms with Gasteiger partial charge in [0.15, 0.2) is 5.82 Å². The second-order valence-electron chi connectivity index (χ2n) is 7.24. The van der Waals surface area contributed by atoms with Crippen molar-refractivity contribution >= 4 is 11.7 Å². The number of fused-ring (bicyclic) bond motifs is 1. The Morgan fingerprint density at radius 1 is 0.962 bits per heavy atom. The number of carbonyl (C=O) groups is 1. The highest BCUT2D eigenvalue weighted by atomic mass is 16.2. The van der Waals surface area contributed by atoms with E-state index in [9.17, 15) is 4.79 Å². The minimum atomic E-state index is 0.0314. The van der Waals surface area contributed by atoms with Gasteiger partial charge in [-0.25, -0.2) is 4.98 Å². The molecule has 0 spiro atoms. The number of rotatable bonds is 3. The van der Waals surface area contributed by atoms with Crippen molar-refractivity contribution in [3.05, 3.63) is 53.5 Å². The van der Waals surface area contributed by atoms with Crippen LogP contribution in [0.3, 0.4) is 0 Å². The molecule has 2 aromatic rings. The van der Waals surface area contributed by atoms with Gasteiger partial charge in [0.2, 0.25) is 0 Å². The Labute approximate surface area is 155 Å². The van der Waals surface area contributed by atoms with E-state index >= 15 is 0 Å². The summed E-state index contributed by atoms with van der Waals surface area (Å²) in [6.45, 7) is 3.44. The maximum absolute atomic E-state index is 12.8. The van der Waals surface area contributed by atoms with Gasteiger partial charge in [-0.15, -0.1) is 0 Å². The number of benzene rings is 1. The number of nitrogens with zero attached hydrogens (tertiary/aromatic N) is 4. The number of aromatic nitrogens is 2. The zero-order valence-corrected chi connectivity index (χ0v) is 15.2. The lowest BCUT2D eigenvalue weighted by atomic mass is 10.1. The van der Waals surface area contributed by atoms with E-state index in [0.717, 1.165) is 69.8 Å². The van der Waals surface area contributed by atoms with E-state index in [-0.39, 0.29) is 5.91 Å². The highest BCUT2D eigenvalue weighted by Gasteiger charge is 2.24. The molecule has 1 saturated heterocycles. The van der Waals surface area contributed by atoms with E-state index in [1.54, 1.807) is 6.20 Å². The summed E-state index contributed by atoms with van der Waals surface area (Å²) in [5, 5.41) is 0. The number of hydrogen-bond donors (Lipinski definition) is 0. The van der Waals surface area contributed by atoms with Crippen LogP contribution >= 0.6 is 0 Å². The summed E-state index contributed by atoms with van der Waals surface area (Å²) in [6, 6.07) is 10.4. The SMILES string of the molecule is O=C(c1cnc2c(n1)N(Cc1ccccc1)CCCC2)N1CCCCC1. The summed E-state index contributed by atoms with van der Waals surface area (Å²) in [7, 11) is 0. The van der Waals surface area contributed by atoms with Crippen LogP contribution in [0, 0.1) is 0 Å². The summed E-state index contributed by atoms with van der Waals surface area (Å²) in [5.41, 5.74) is 2.77. The fraction of sp³-hybridized carbons (Fsp3) is 0.476. The first kappa shape index (κ1) is 17.0.